The first-order chi connectivity index (χ1) is 10.0. The summed E-state index contributed by atoms with van der Waals surface area (Å²) >= 11 is 12.0. The Labute approximate surface area is 136 Å². The molecule has 21 heavy (non-hydrogen) atoms. The summed E-state index contributed by atoms with van der Waals surface area (Å²) in [5, 5.41) is 4.29. The van der Waals surface area contributed by atoms with E-state index < -0.39 is 0 Å². The van der Waals surface area contributed by atoms with Gasteiger partial charge < -0.3 is 15.8 Å². The third-order valence-electron chi connectivity index (χ3n) is 2.78. The number of nitrogens with one attached hydrogen (secondary N) is 1. The Morgan fingerprint density at radius 3 is 2.90 bits per heavy atom. The van der Waals surface area contributed by atoms with Crippen LogP contribution in [-0.4, -0.2) is 25.7 Å². The van der Waals surface area contributed by atoms with E-state index >= 15 is 0 Å². The Morgan fingerprint density at radius 1 is 1.48 bits per heavy atom. The lowest BCUT2D eigenvalue weighted by Crippen LogP contribution is -2.34. The maximum absolute atomic E-state index is 6.15. The van der Waals surface area contributed by atoms with Gasteiger partial charge in [-0.05, 0) is 31.0 Å². The van der Waals surface area contributed by atoms with Crippen LogP contribution in [0.1, 0.15) is 24.9 Å². The number of aliphatic imine (C=N–C) groups is 1. The molecule has 0 aliphatic heterocycles. The molecule has 1 rings (SSSR count). The molecule has 116 valence electrons. The Bertz CT molecular complexity index is 492. The van der Waals surface area contributed by atoms with E-state index in [9.17, 15) is 0 Å². The molecule has 1 atom stereocenters. The average Bonchev–Trinajstić information content (AvgIpc) is 2.42. The van der Waals surface area contributed by atoms with Crippen LogP contribution in [0.2, 0.25) is 10.0 Å². The third kappa shape index (κ3) is 6.85. The van der Waals surface area contributed by atoms with E-state index in [0.29, 0.717) is 35.8 Å². The summed E-state index contributed by atoms with van der Waals surface area (Å²) in [5.74, 6) is 0.362. The first kappa shape index (κ1) is 17.8. The minimum Gasteiger partial charge on any atom is -0.379 e. The van der Waals surface area contributed by atoms with Gasteiger partial charge >= 0.3 is 0 Å². The number of guanidine groups is 1. The number of halogens is 2. The van der Waals surface area contributed by atoms with E-state index in [2.05, 4.69) is 16.9 Å². The molecule has 1 aromatic carbocycles. The first-order valence-electron chi connectivity index (χ1n) is 6.74. The number of rotatable bonds is 8. The van der Waals surface area contributed by atoms with Crippen LogP contribution in [0.4, 0.5) is 0 Å². The van der Waals surface area contributed by atoms with Gasteiger partial charge in [0.25, 0.3) is 0 Å². The van der Waals surface area contributed by atoms with E-state index in [-0.39, 0.29) is 6.04 Å². The summed E-state index contributed by atoms with van der Waals surface area (Å²) < 4.78 is 5.35. The lowest BCUT2D eigenvalue weighted by molar-refractivity contribution is 0.146. The second-order valence-corrected chi connectivity index (χ2v) is 5.33. The second kappa shape index (κ2) is 9.66. The highest BCUT2D eigenvalue weighted by molar-refractivity contribution is 6.35. The quantitative estimate of drug-likeness (QED) is 0.332. The monoisotopic (exact) mass is 329 g/mol. The van der Waals surface area contributed by atoms with Crippen LogP contribution in [0, 0.1) is 0 Å². The van der Waals surface area contributed by atoms with E-state index in [0.717, 1.165) is 12.0 Å². The van der Waals surface area contributed by atoms with Crippen LogP contribution in [0.15, 0.2) is 35.8 Å². The zero-order chi connectivity index (χ0) is 15.7. The molecule has 0 bridgehead atoms. The van der Waals surface area contributed by atoms with Crippen LogP contribution < -0.4 is 11.1 Å². The van der Waals surface area contributed by atoms with E-state index in [4.69, 9.17) is 33.7 Å². The van der Waals surface area contributed by atoms with Gasteiger partial charge in [0, 0.05) is 10.0 Å². The van der Waals surface area contributed by atoms with Gasteiger partial charge in [-0.15, -0.1) is 6.58 Å². The van der Waals surface area contributed by atoms with E-state index in [1.807, 2.05) is 19.1 Å². The normalized spacial score (nSPS) is 13.0. The standard InChI is InChI=1S/C15H21Cl2N3O/c1-3-4-8-21-9-7-19-15(18)20-11(2)13-6-5-12(16)10-14(13)17/h3,5-6,10-11H,1,4,7-9H2,2H3,(H3,18,19,20). The molecule has 0 fully saturated rings. The molecular formula is C15H21Cl2N3O. The fourth-order valence-electron chi connectivity index (χ4n) is 1.70. The van der Waals surface area contributed by atoms with Crippen molar-refractivity contribution in [3.63, 3.8) is 0 Å². The zero-order valence-corrected chi connectivity index (χ0v) is 13.6. The average molecular weight is 330 g/mol. The summed E-state index contributed by atoms with van der Waals surface area (Å²) in [6.07, 6.45) is 2.65. The minimum absolute atomic E-state index is 0.0554. The number of ether oxygens (including phenoxy) is 1. The molecule has 0 heterocycles. The Morgan fingerprint density at radius 2 is 2.24 bits per heavy atom. The molecule has 0 spiro atoms. The van der Waals surface area contributed by atoms with Crippen molar-refractivity contribution in [2.75, 3.05) is 19.8 Å². The highest BCUT2D eigenvalue weighted by Crippen LogP contribution is 2.25. The fourth-order valence-corrected chi connectivity index (χ4v) is 2.27. The maximum atomic E-state index is 6.15. The summed E-state index contributed by atoms with van der Waals surface area (Å²) in [5.41, 5.74) is 6.75. The van der Waals surface area contributed by atoms with Crippen LogP contribution in [0.25, 0.3) is 0 Å². The van der Waals surface area contributed by atoms with Crippen LogP contribution in [0.5, 0.6) is 0 Å². The highest BCUT2D eigenvalue weighted by Gasteiger charge is 2.10. The lowest BCUT2D eigenvalue weighted by Gasteiger charge is -2.16. The van der Waals surface area contributed by atoms with Crippen molar-refractivity contribution < 1.29 is 4.74 Å². The topological polar surface area (TPSA) is 59.6 Å². The zero-order valence-electron chi connectivity index (χ0n) is 12.1. The van der Waals surface area contributed by atoms with Gasteiger partial charge in [-0.3, -0.25) is 4.99 Å². The van der Waals surface area contributed by atoms with Crippen molar-refractivity contribution in [1.82, 2.24) is 5.32 Å². The molecule has 3 N–H and O–H groups in total. The molecule has 0 aliphatic rings. The van der Waals surface area contributed by atoms with E-state index in [1.165, 1.54) is 0 Å². The van der Waals surface area contributed by atoms with Gasteiger partial charge in [0.15, 0.2) is 5.96 Å². The predicted molar refractivity (Wildman–Crippen MR) is 90.1 cm³/mol. The fraction of sp³-hybridized carbons (Fsp3) is 0.400. The number of nitrogens with zero attached hydrogens (tertiary/aromatic N) is 1. The SMILES string of the molecule is C=CCCOCCN=C(N)NC(C)c1ccc(Cl)cc1Cl. The molecular weight excluding hydrogens is 309 g/mol. The van der Waals surface area contributed by atoms with Crippen molar-refractivity contribution in [2.24, 2.45) is 10.7 Å². The molecule has 0 aromatic heterocycles. The Hall–Kier alpha value is -1.23. The predicted octanol–water partition coefficient (Wildman–Crippen LogP) is 3.55. The van der Waals surface area contributed by atoms with Crippen molar-refractivity contribution >= 4 is 29.2 Å². The van der Waals surface area contributed by atoms with Gasteiger partial charge in [-0.2, -0.15) is 0 Å². The molecule has 0 saturated carbocycles. The molecule has 1 unspecified atom stereocenters. The molecule has 1 aromatic rings. The smallest absolute Gasteiger partial charge is 0.189 e. The number of hydrogen-bond donors (Lipinski definition) is 2. The molecule has 6 heteroatoms. The molecule has 4 nitrogen and oxygen atoms in total. The Balaban J connectivity index is 2.42. The lowest BCUT2D eigenvalue weighted by atomic mass is 10.1. The summed E-state index contributed by atoms with van der Waals surface area (Å²) in [6.45, 7) is 7.28. The molecule has 0 aliphatic carbocycles. The summed E-state index contributed by atoms with van der Waals surface area (Å²) in [7, 11) is 0. The van der Waals surface area contributed by atoms with Crippen LogP contribution >= 0.6 is 23.2 Å². The van der Waals surface area contributed by atoms with Gasteiger partial charge in [0.1, 0.15) is 0 Å². The number of nitrogens with two attached hydrogens (primary N) is 1. The number of hydrogen-bond acceptors (Lipinski definition) is 2. The third-order valence-corrected chi connectivity index (χ3v) is 3.34. The number of benzene rings is 1. The van der Waals surface area contributed by atoms with Gasteiger partial charge in [-0.1, -0.05) is 35.3 Å². The summed E-state index contributed by atoms with van der Waals surface area (Å²) in [4.78, 5) is 4.20. The minimum atomic E-state index is -0.0554. The first-order valence-corrected chi connectivity index (χ1v) is 7.50. The van der Waals surface area contributed by atoms with Crippen LogP contribution in [0.3, 0.4) is 0 Å². The van der Waals surface area contributed by atoms with Crippen molar-refractivity contribution in [3.05, 3.63) is 46.5 Å². The largest absolute Gasteiger partial charge is 0.379 e. The van der Waals surface area contributed by atoms with Gasteiger partial charge in [0.2, 0.25) is 0 Å². The van der Waals surface area contributed by atoms with E-state index in [1.54, 1.807) is 12.1 Å². The Kier molecular flexibility index (Phi) is 8.20. The second-order valence-electron chi connectivity index (χ2n) is 4.49. The molecule has 0 radical (unpaired) electrons. The van der Waals surface area contributed by atoms with Crippen molar-refractivity contribution in [2.45, 2.75) is 19.4 Å². The molecule has 0 saturated heterocycles. The molecule has 0 amide bonds. The van der Waals surface area contributed by atoms with Crippen molar-refractivity contribution in [1.29, 1.82) is 0 Å². The highest BCUT2D eigenvalue weighted by atomic mass is 35.5. The van der Waals surface area contributed by atoms with Gasteiger partial charge in [-0.25, -0.2) is 0 Å². The summed E-state index contributed by atoms with van der Waals surface area (Å²) in [6, 6.07) is 5.31. The van der Waals surface area contributed by atoms with Crippen LogP contribution in [-0.2, 0) is 4.74 Å². The van der Waals surface area contributed by atoms with Crippen molar-refractivity contribution in [3.8, 4) is 0 Å². The van der Waals surface area contributed by atoms with Gasteiger partial charge in [0.05, 0.1) is 25.8 Å². The maximum Gasteiger partial charge on any atom is 0.189 e.